The molecular formula is C29H40FN3O4. The molecule has 2 N–H and O–H groups in total. The van der Waals surface area contributed by atoms with Crippen LogP contribution in [0, 0.1) is 5.82 Å². The highest BCUT2D eigenvalue weighted by Gasteiger charge is 2.40. The van der Waals surface area contributed by atoms with Gasteiger partial charge in [0.2, 0.25) is 5.91 Å². The van der Waals surface area contributed by atoms with Crippen molar-refractivity contribution in [1.82, 2.24) is 15.5 Å². The summed E-state index contributed by atoms with van der Waals surface area (Å²) >= 11 is 0. The van der Waals surface area contributed by atoms with Crippen LogP contribution >= 0.6 is 0 Å². The third-order valence-corrected chi connectivity index (χ3v) is 8.29. The maximum absolute atomic E-state index is 15.8. The van der Waals surface area contributed by atoms with Gasteiger partial charge >= 0.3 is 0 Å². The summed E-state index contributed by atoms with van der Waals surface area (Å²) < 4.78 is 27.9. The van der Waals surface area contributed by atoms with Crippen molar-refractivity contribution in [1.29, 1.82) is 0 Å². The van der Waals surface area contributed by atoms with Crippen molar-refractivity contribution < 1.29 is 23.5 Å². The molecule has 4 aliphatic rings. The fourth-order valence-corrected chi connectivity index (χ4v) is 6.39. The Kier molecular flexibility index (Phi) is 7.98. The Balaban J connectivity index is 1.23. The number of piperidine rings is 1. The maximum Gasteiger partial charge on any atom is 0.255 e. The van der Waals surface area contributed by atoms with E-state index in [1.165, 1.54) is 4.90 Å². The number of benzene rings is 1. The standard InChI is InChI=1S/C29H40FN3O4/c1-17(2)37-21-10-8-20(9-11-21)32-24-5-4-14-36-26(24)15-19-7-12-22-23(27(19)30)16-33(29(22)35)25-13-6-18(3)31-28(25)34/h7,12,17,20-21,24-26,32H,3-6,8-11,13-16H2,1-2H3,(H,31,34)/t20?,21?,24-,25?,26+/m0/s1. The average Bonchev–Trinajstić information content (AvgIpc) is 3.20. The molecule has 1 aliphatic carbocycles. The lowest BCUT2D eigenvalue weighted by molar-refractivity contribution is -0.126. The summed E-state index contributed by atoms with van der Waals surface area (Å²) in [6, 6.07) is 3.45. The fraction of sp³-hybridized carbons (Fsp3) is 0.655. The van der Waals surface area contributed by atoms with Gasteiger partial charge in [0.05, 0.1) is 24.9 Å². The summed E-state index contributed by atoms with van der Waals surface area (Å²) in [5.41, 5.74) is 1.98. The second kappa shape index (κ2) is 11.2. The van der Waals surface area contributed by atoms with Crippen LogP contribution in [0.4, 0.5) is 4.39 Å². The molecule has 1 aromatic carbocycles. The van der Waals surface area contributed by atoms with Crippen LogP contribution in [-0.2, 0) is 27.2 Å². The van der Waals surface area contributed by atoms with Gasteiger partial charge in [0, 0.05) is 41.9 Å². The van der Waals surface area contributed by atoms with E-state index in [1.54, 1.807) is 12.1 Å². The van der Waals surface area contributed by atoms with Gasteiger partial charge in [0.25, 0.3) is 5.91 Å². The molecule has 3 atom stereocenters. The van der Waals surface area contributed by atoms with Gasteiger partial charge in [-0.2, -0.15) is 0 Å². The highest BCUT2D eigenvalue weighted by Crippen LogP contribution is 2.33. The topological polar surface area (TPSA) is 79.9 Å². The number of carbonyl (C=O) groups is 2. The van der Waals surface area contributed by atoms with Gasteiger partial charge in [-0.1, -0.05) is 12.6 Å². The molecule has 3 heterocycles. The predicted octanol–water partition coefficient (Wildman–Crippen LogP) is 3.99. The summed E-state index contributed by atoms with van der Waals surface area (Å²) in [4.78, 5) is 27.0. The van der Waals surface area contributed by atoms with Crippen molar-refractivity contribution in [2.24, 2.45) is 0 Å². The summed E-state index contributed by atoms with van der Waals surface area (Å²) in [7, 11) is 0. The molecule has 0 spiro atoms. The largest absolute Gasteiger partial charge is 0.376 e. The van der Waals surface area contributed by atoms with E-state index in [2.05, 4.69) is 31.1 Å². The monoisotopic (exact) mass is 513 g/mol. The first kappa shape index (κ1) is 26.3. The summed E-state index contributed by atoms with van der Waals surface area (Å²) in [5.74, 6) is -0.862. The first-order valence-corrected chi connectivity index (χ1v) is 13.9. The van der Waals surface area contributed by atoms with E-state index in [0.717, 1.165) is 38.5 Å². The molecule has 7 nitrogen and oxygen atoms in total. The fourth-order valence-electron chi connectivity index (χ4n) is 6.39. The summed E-state index contributed by atoms with van der Waals surface area (Å²) in [6.07, 6.45) is 8.35. The van der Waals surface area contributed by atoms with Crippen molar-refractivity contribution in [3.05, 3.63) is 46.9 Å². The molecule has 1 unspecified atom stereocenters. The zero-order valence-corrected chi connectivity index (χ0v) is 22.1. The summed E-state index contributed by atoms with van der Waals surface area (Å²) in [6.45, 7) is 8.78. The van der Waals surface area contributed by atoms with Crippen LogP contribution in [0.25, 0.3) is 0 Å². The summed E-state index contributed by atoms with van der Waals surface area (Å²) in [5, 5.41) is 6.55. The SMILES string of the molecule is C=C1CCC(N2Cc3c(ccc(C[C@H]4OCCC[C@@H]4NC4CCC(OC(C)C)CC4)c3F)C2=O)C(=O)N1. The van der Waals surface area contributed by atoms with Crippen LogP contribution in [-0.4, -0.2) is 59.8 Å². The van der Waals surface area contributed by atoms with Crippen LogP contribution in [0.2, 0.25) is 0 Å². The minimum atomic E-state index is -0.593. The number of hydrogen-bond acceptors (Lipinski definition) is 5. The van der Waals surface area contributed by atoms with E-state index in [0.29, 0.717) is 60.4 Å². The zero-order valence-electron chi connectivity index (χ0n) is 22.1. The van der Waals surface area contributed by atoms with Gasteiger partial charge in [-0.15, -0.1) is 0 Å². The molecule has 1 aromatic rings. The third-order valence-electron chi connectivity index (χ3n) is 8.29. The van der Waals surface area contributed by atoms with Gasteiger partial charge in [-0.05, 0) is 76.8 Å². The number of nitrogens with one attached hydrogen (secondary N) is 2. The van der Waals surface area contributed by atoms with Crippen molar-refractivity contribution in [2.75, 3.05) is 6.61 Å². The molecule has 8 heteroatoms. The normalized spacial score (nSPS) is 30.5. The van der Waals surface area contributed by atoms with Gasteiger partial charge in [0.1, 0.15) is 11.9 Å². The molecule has 0 radical (unpaired) electrons. The minimum absolute atomic E-state index is 0.116. The molecule has 2 amide bonds. The van der Waals surface area contributed by atoms with Crippen LogP contribution < -0.4 is 10.6 Å². The number of amides is 2. The molecule has 3 fully saturated rings. The Bertz CT molecular complexity index is 1040. The number of hydrogen-bond donors (Lipinski definition) is 2. The molecule has 0 bridgehead atoms. The number of nitrogens with zero attached hydrogens (tertiary/aromatic N) is 1. The Labute approximate surface area is 219 Å². The third kappa shape index (κ3) is 5.76. The van der Waals surface area contributed by atoms with Gasteiger partial charge in [-0.3, -0.25) is 9.59 Å². The molecule has 202 valence electrons. The van der Waals surface area contributed by atoms with Gasteiger partial charge < -0.3 is 25.0 Å². The number of rotatable bonds is 7. The Morgan fingerprint density at radius 2 is 1.97 bits per heavy atom. The van der Waals surface area contributed by atoms with Crippen molar-refractivity contribution in [2.45, 2.75) is 115 Å². The van der Waals surface area contributed by atoms with E-state index in [1.807, 2.05) is 0 Å². The lowest BCUT2D eigenvalue weighted by Crippen LogP contribution is -2.51. The Hall–Kier alpha value is -2.29. The van der Waals surface area contributed by atoms with E-state index < -0.39 is 6.04 Å². The first-order chi connectivity index (χ1) is 17.8. The minimum Gasteiger partial charge on any atom is -0.376 e. The number of fused-ring (bicyclic) bond motifs is 1. The molecule has 1 saturated carbocycles. The van der Waals surface area contributed by atoms with Crippen LogP contribution in [0.5, 0.6) is 0 Å². The van der Waals surface area contributed by atoms with E-state index in [4.69, 9.17) is 9.47 Å². The molecule has 2 saturated heterocycles. The van der Waals surface area contributed by atoms with Gasteiger partial charge in [0.15, 0.2) is 0 Å². The molecule has 37 heavy (non-hydrogen) atoms. The lowest BCUT2D eigenvalue weighted by atomic mass is 9.89. The van der Waals surface area contributed by atoms with Crippen molar-refractivity contribution in [3.8, 4) is 0 Å². The van der Waals surface area contributed by atoms with Gasteiger partial charge in [-0.25, -0.2) is 4.39 Å². The quantitative estimate of drug-likeness (QED) is 0.577. The van der Waals surface area contributed by atoms with Crippen LogP contribution in [0.3, 0.4) is 0 Å². The number of allylic oxidation sites excluding steroid dienone is 1. The van der Waals surface area contributed by atoms with E-state index >= 15 is 4.39 Å². The molecular weight excluding hydrogens is 473 g/mol. The van der Waals surface area contributed by atoms with Crippen molar-refractivity contribution >= 4 is 11.8 Å². The molecule has 3 aliphatic heterocycles. The van der Waals surface area contributed by atoms with Crippen LogP contribution in [0.1, 0.15) is 86.7 Å². The number of halogens is 1. The Morgan fingerprint density at radius 1 is 1.19 bits per heavy atom. The second-order valence-electron chi connectivity index (χ2n) is 11.3. The number of ether oxygens (including phenoxy) is 2. The average molecular weight is 514 g/mol. The first-order valence-electron chi connectivity index (χ1n) is 13.9. The Morgan fingerprint density at radius 3 is 2.70 bits per heavy atom. The molecule has 5 rings (SSSR count). The number of carbonyl (C=O) groups excluding carboxylic acids is 2. The van der Waals surface area contributed by atoms with Crippen LogP contribution in [0.15, 0.2) is 24.4 Å². The highest BCUT2D eigenvalue weighted by molar-refractivity contribution is 6.01. The van der Waals surface area contributed by atoms with Crippen molar-refractivity contribution in [3.63, 3.8) is 0 Å². The second-order valence-corrected chi connectivity index (χ2v) is 11.3. The maximum atomic E-state index is 15.8. The molecule has 0 aromatic heterocycles. The smallest absolute Gasteiger partial charge is 0.255 e. The zero-order chi connectivity index (χ0) is 26.1. The highest BCUT2D eigenvalue weighted by atomic mass is 19.1. The predicted molar refractivity (Wildman–Crippen MR) is 138 cm³/mol. The van der Waals surface area contributed by atoms with E-state index in [9.17, 15) is 9.59 Å². The lowest BCUT2D eigenvalue weighted by Gasteiger charge is -2.38. The van der Waals surface area contributed by atoms with E-state index in [-0.39, 0.29) is 42.4 Å².